The number of unbranched alkanes of at least 4 members (excludes halogenated alkanes) is 3. The molecule has 1 aromatic carbocycles. The monoisotopic (exact) mass is 380 g/mol. The third-order valence-electron chi connectivity index (χ3n) is 6.06. The fraction of sp³-hybridized carbons (Fsp3) is 0.667. The van der Waals surface area contributed by atoms with Gasteiger partial charge in [0, 0.05) is 26.1 Å². The van der Waals surface area contributed by atoms with E-state index in [2.05, 4.69) is 4.90 Å². The molecule has 150 valence electrons. The number of piperidine rings is 1. The molecule has 27 heavy (non-hydrogen) atoms. The normalized spacial score (nSPS) is 20.0. The van der Waals surface area contributed by atoms with Gasteiger partial charge in [-0.05, 0) is 68.4 Å². The third kappa shape index (κ3) is 5.26. The lowest BCUT2D eigenvalue weighted by molar-refractivity contribution is -0.128. The number of nitrogens with zero attached hydrogens (tertiary/aromatic N) is 2. The standard InChI is InChI=1S/C21H30F2N2O2/c22-18-6-5-17(13-19(18)23)15-25-16-21(14-20(25)27)7-10-24(11-8-21)9-3-1-2-4-12-26/h5-6,13,26H,1-4,7-12,14-16H2. The van der Waals surface area contributed by atoms with E-state index in [1.54, 1.807) is 11.0 Å². The van der Waals surface area contributed by atoms with Gasteiger partial charge in [0.2, 0.25) is 5.91 Å². The Bertz CT molecular complexity index is 645. The number of hydrogen-bond donors (Lipinski definition) is 1. The number of benzene rings is 1. The maximum absolute atomic E-state index is 13.4. The summed E-state index contributed by atoms with van der Waals surface area (Å²) in [6.45, 7) is 4.48. The van der Waals surface area contributed by atoms with Crippen molar-refractivity contribution in [3.05, 3.63) is 35.4 Å². The van der Waals surface area contributed by atoms with Crippen LogP contribution < -0.4 is 0 Å². The van der Waals surface area contributed by atoms with Crippen LogP contribution in [0.3, 0.4) is 0 Å². The average Bonchev–Trinajstić information content (AvgIpc) is 2.95. The van der Waals surface area contributed by atoms with Gasteiger partial charge in [0.05, 0.1) is 0 Å². The second-order valence-corrected chi connectivity index (χ2v) is 8.15. The van der Waals surface area contributed by atoms with E-state index in [1.165, 1.54) is 6.07 Å². The van der Waals surface area contributed by atoms with Gasteiger partial charge in [0.15, 0.2) is 11.6 Å². The van der Waals surface area contributed by atoms with Crippen molar-refractivity contribution in [2.75, 3.05) is 32.8 Å². The number of rotatable bonds is 8. The number of amides is 1. The molecule has 0 unspecified atom stereocenters. The van der Waals surface area contributed by atoms with E-state index in [-0.39, 0.29) is 17.9 Å². The van der Waals surface area contributed by atoms with Crippen molar-refractivity contribution < 1.29 is 18.7 Å². The van der Waals surface area contributed by atoms with Crippen molar-refractivity contribution in [3.8, 4) is 0 Å². The first kappa shape index (κ1) is 20.2. The van der Waals surface area contributed by atoms with Gasteiger partial charge in [0.25, 0.3) is 0 Å². The molecule has 2 aliphatic heterocycles. The number of halogens is 2. The van der Waals surface area contributed by atoms with Crippen LogP contribution >= 0.6 is 0 Å². The summed E-state index contributed by atoms with van der Waals surface area (Å²) in [5.74, 6) is -1.59. The molecule has 0 radical (unpaired) electrons. The summed E-state index contributed by atoms with van der Waals surface area (Å²) in [5.41, 5.74) is 0.683. The van der Waals surface area contributed by atoms with Crippen molar-refractivity contribution in [2.24, 2.45) is 5.41 Å². The summed E-state index contributed by atoms with van der Waals surface area (Å²) in [4.78, 5) is 16.8. The molecule has 1 N–H and O–H groups in total. The van der Waals surface area contributed by atoms with Crippen LogP contribution in [0.4, 0.5) is 8.78 Å². The number of aliphatic hydroxyl groups excluding tert-OH is 1. The van der Waals surface area contributed by atoms with Crippen LogP contribution in [-0.4, -0.2) is 53.6 Å². The lowest BCUT2D eigenvalue weighted by Crippen LogP contribution is -2.41. The largest absolute Gasteiger partial charge is 0.396 e. The van der Waals surface area contributed by atoms with Crippen LogP contribution in [0.15, 0.2) is 18.2 Å². The summed E-state index contributed by atoms with van der Waals surface area (Å²) in [6, 6.07) is 3.86. The Hall–Kier alpha value is -1.53. The lowest BCUT2D eigenvalue weighted by Gasteiger charge is -2.38. The van der Waals surface area contributed by atoms with E-state index in [0.29, 0.717) is 18.5 Å². The molecule has 2 fully saturated rings. The Morgan fingerprint density at radius 1 is 1.04 bits per heavy atom. The van der Waals surface area contributed by atoms with E-state index in [1.807, 2.05) is 0 Å². The van der Waals surface area contributed by atoms with E-state index in [9.17, 15) is 13.6 Å². The zero-order valence-electron chi connectivity index (χ0n) is 15.9. The van der Waals surface area contributed by atoms with Crippen LogP contribution in [0.1, 0.15) is 50.5 Å². The highest BCUT2D eigenvalue weighted by atomic mass is 19.2. The fourth-order valence-corrected chi connectivity index (χ4v) is 4.37. The van der Waals surface area contributed by atoms with Crippen molar-refractivity contribution in [3.63, 3.8) is 0 Å². The molecule has 2 aliphatic rings. The van der Waals surface area contributed by atoms with Gasteiger partial charge in [-0.2, -0.15) is 0 Å². The Morgan fingerprint density at radius 3 is 2.48 bits per heavy atom. The van der Waals surface area contributed by atoms with Gasteiger partial charge < -0.3 is 14.9 Å². The predicted octanol–water partition coefficient (Wildman–Crippen LogP) is 3.33. The first-order valence-electron chi connectivity index (χ1n) is 10.1. The molecular weight excluding hydrogens is 350 g/mol. The molecule has 0 atom stereocenters. The highest BCUT2D eigenvalue weighted by Crippen LogP contribution is 2.41. The van der Waals surface area contributed by atoms with Crippen molar-refractivity contribution in [2.45, 2.75) is 51.5 Å². The molecule has 3 rings (SSSR count). The second-order valence-electron chi connectivity index (χ2n) is 8.15. The molecule has 6 heteroatoms. The Morgan fingerprint density at radius 2 is 1.78 bits per heavy atom. The summed E-state index contributed by atoms with van der Waals surface area (Å²) in [6.07, 6.45) is 6.89. The summed E-state index contributed by atoms with van der Waals surface area (Å²) < 4.78 is 26.5. The molecule has 1 amide bonds. The van der Waals surface area contributed by atoms with Gasteiger partial charge in [-0.25, -0.2) is 8.78 Å². The van der Waals surface area contributed by atoms with Crippen LogP contribution in [-0.2, 0) is 11.3 Å². The highest BCUT2D eigenvalue weighted by molar-refractivity contribution is 5.79. The maximum atomic E-state index is 13.4. The van der Waals surface area contributed by atoms with Crippen LogP contribution in [0, 0.1) is 17.0 Å². The fourth-order valence-electron chi connectivity index (χ4n) is 4.37. The van der Waals surface area contributed by atoms with Crippen LogP contribution in [0.2, 0.25) is 0 Å². The van der Waals surface area contributed by atoms with Gasteiger partial charge in [0.1, 0.15) is 0 Å². The minimum Gasteiger partial charge on any atom is -0.396 e. The molecule has 2 saturated heterocycles. The minimum absolute atomic E-state index is 0.0447. The van der Waals surface area contributed by atoms with Crippen molar-refractivity contribution in [1.82, 2.24) is 9.80 Å². The summed E-state index contributed by atoms with van der Waals surface area (Å²) in [5, 5.41) is 8.82. The Balaban J connectivity index is 1.46. The number of aliphatic hydroxyl groups is 1. The van der Waals surface area contributed by atoms with Gasteiger partial charge in [-0.3, -0.25) is 4.79 Å². The van der Waals surface area contributed by atoms with Crippen LogP contribution in [0.25, 0.3) is 0 Å². The molecular formula is C21H30F2N2O2. The quantitative estimate of drug-likeness (QED) is 0.704. The van der Waals surface area contributed by atoms with Gasteiger partial charge in [-0.1, -0.05) is 18.9 Å². The number of likely N-dealkylation sites (tertiary alicyclic amines) is 2. The van der Waals surface area contributed by atoms with Gasteiger partial charge >= 0.3 is 0 Å². The number of carbonyl (C=O) groups excluding carboxylic acids is 1. The Labute approximate surface area is 160 Å². The van der Waals surface area contributed by atoms with Gasteiger partial charge in [-0.15, -0.1) is 0 Å². The molecule has 4 nitrogen and oxygen atoms in total. The number of hydrogen-bond acceptors (Lipinski definition) is 3. The van der Waals surface area contributed by atoms with Crippen LogP contribution in [0.5, 0.6) is 0 Å². The SMILES string of the molecule is O=C1CC2(CCN(CCCCCCO)CC2)CN1Cc1ccc(F)c(F)c1. The first-order chi connectivity index (χ1) is 13.0. The lowest BCUT2D eigenvalue weighted by atomic mass is 9.77. The molecule has 1 spiro atoms. The van der Waals surface area contributed by atoms with Crippen molar-refractivity contribution >= 4 is 5.91 Å². The van der Waals surface area contributed by atoms with E-state index in [0.717, 1.165) is 70.8 Å². The second kappa shape index (κ2) is 9.11. The minimum atomic E-state index is -0.860. The van der Waals surface area contributed by atoms with Crippen molar-refractivity contribution in [1.29, 1.82) is 0 Å². The molecule has 0 aliphatic carbocycles. The zero-order chi connectivity index (χ0) is 19.3. The molecule has 0 saturated carbocycles. The molecule has 1 aromatic rings. The highest BCUT2D eigenvalue weighted by Gasteiger charge is 2.44. The van der Waals surface area contributed by atoms with E-state index in [4.69, 9.17) is 5.11 Å². The summed E-state index contributed by atoms with van der Waals surface area (Å²) in [7, 11) is 0. The zero-order valence-corrected chi connectivity index (χ0v) is 15.9. The predicted molar refractivity (Wildman–Crippen MR) is 100 cm³/mol. The smallest absolute Gasteiger partial charge is 0.223 e. The maximum Gasteiger partial charge on any atom is 0.223 e. The topological polar surface area (TPSA) is 43.8 Å². The molecule has 2 heterocycles. The Kier molecular flexibility index (Phi) is 6.82. The summed E-state index contributed by atoms with van der Waals surface area (Å²) >= 11 is 0. The number of carbonyl (C=O) groups is 1. The average molecular weight is 380 g/mol. The third-order valence-corrected chi connectivity index (χ3v) is 6.06. The van der Waals surface area contributed by atoms with E-state index >= 15 is 0 Å². The van der Waals surface area contributed by atoms with E-state index < -0.39 is 11.6 Å². The molecule has 0 bridgehead atoms. The molecule has 0 aromatic heterocycles. The first-order valence-corrected chi connectivity index (χ1v) is 10.1.